The molecule has 8 heteroatoms. The van der Waals surface area contributed by atoms with Crippen LogP contribution in [0.4, 0.5) is 0 Å². The number of carbonyl (C=O) groups is 2. The largest absolute Gasteiger partial charge is 0.394 e. The van der Waals surface area contributed by atoms with Crippen molar-refractivity contribution in [3.8, 4) is 0 Å². The lowest BCUT2D eigenvalue weighted by atomic mass is 9.92. The molecule has 0 aromatic carbocycles. The second kappa shape index (κ2) is 13.2. The van der Waals surface area contributed by atoms with Crippen molar-refractivity contribution >= 4 is 11.7 Å². The average Bonchev–Trinajstić information content (AvgIpc) is 2.66. The molecule has 0 aliphatic carbocycles. The van der Waals surface area contributed by atoms with Crippen molar-refractivity contribution in [3.63, 3.8) is 0 Å². The third-order valence-corrected chi connectivity index (χ3v) is 5.19. The minimum absolute atomic E-state index is 0.0181. The number of hydrogen-bond acceptors (Lipinski definition) is 7. The van der Waals surface area contributed by atoms with Crippen LogP contribution >= 0.6 is 0 Å². The number of amides is 1. The van der Waals surface area contributed by atoms with Crippen LogP contribution in [-0.2, 0) is 19.1 Å². The molecule has 164 valence electrons. The van der Waals surface area contributed by atoms with E-state index in [1.165, 1.54) is 6.92 Å². The van der Waals surface area contributed by atoms with Crippen LogP contribution in [0, 0.1) is 5.92 Å². The molecule has 1 aliphatic heterocycles. The second-order valence-corrected chi connectivity index (χ2v) is 7.62. The fourth-order valence-corrected chi connectivity index (χ4v) is 3.24. The molecule has 0 radical (unpaired) electrons. The topological polar surface area (TPSA) is 125 Å². The summed E-state index contributed by atoms with van der Waals surface area (Å²) in [5.41, 5.74) is 0. The Balaban J connectivity index is 2.27. The van der Waals surface area contributed by atoms with E-state index in [4.69, 9.17) is 9.47 Å². The monoisotopic (exact) mass is 403 g/mol. The molecular weight excluding hydrogens is 366 g/mol. The standard InChI is InChI=1S/C20H37NO7/c1-4-5-6-9-15(14(3)23)21-17(24)10-7-8-11-27-20-13(2)18(25)19(26)16(12-22)28-20/h13,15-16,18-20,22,25-26H,4-12H2,1-3H3,(H,21,24)/t13?,15-,16?,18?,19?,20?/m1/s1. The van der Waals surface area contributed by atoms with Crippen LogP contribution in [0.5, 0.6) is 0 Å². The van der Waals surface area contributed by atoms with E-state index in [1.807, 2.05) is 0 Å². The molecule has 8 nitrogen and oxygen atoms in total. The van der Waals surface area contributed by atoms with Crippen LogP contribution in [0.15, 0.2) is 0 Å². The van der Waals surface area contributed by atoms with Gasteiger partial charge in [0.2, 0.25) is 5.91 Å². The van der Waals surface area contributed by atoms with Gasteiger partial charge in [0.05, 0.1) is 18.8 Å². The molecular formula is C20H37NO7. The van der Waals surface area contributed by atoms with Gasteiger partial charge in [-0.25, -0.2) is 0 Å². The van der Waals surface area contributed by atoms with E-state index in [-0.39, 0.29) is 11.7 Å². The first-order valence-corrected chi connectivity index (χ1v) is 10.4. The lowest BCUT2D eigenvalue weighted by Gasteiger charge is -2.40. The molecule has 0 saturated carbocycles. The molecule has 1 heterocycles. The first kappa shape index (κ1) is 25.0. The van der Waals surface area contributed by atoms with Crippen molar-refractivity contribution in [1.29, 1.82) is 0 Å². The lowest BCUT2D eigenvalue weighted by molar-refractivity contribution is -0.282. The third-order valence-electron chi connectivity index (χ3n) is 5.19. The summed E-state index contributed by atoms with van der Waals surface area (Å²) in [7, 11) is 0. The van der Waals surface area contributed by atoms with Gasteiger partial charge in [-0.05, 0) is 26.2 Å². The van der Waals surface area contributed by atoms with E-state index in [2.05, 4.69) is 12.2 Å². The first-order valence-electron chi connectivity index (χ1n) is 10.4. The van der Waals surface area contributed by atoms with E-state index in [0.717, 1.165) is 19.3 Å². The van der Waals surface area contributed by atoms with Crippen molar-refractivity contribution in [2.24, 2.45) is 5.92 Å². The summed E-state index contributed by atoms with van der Waals surface area (Å²) in [6.45, 7) is 5.23. The van der Waals surface area contributed by atoms with Gasteiger partial charge in [-0.1, -0.05) is 33.1 Å². The summed E-state index contributed by atoms with van der Waals surface area (Å²) in [4.78, 5) is 23.7. The van der Waals surface area contributed by atoms with Crippen molar-refractivity contribution in [3.05, 3.63) is 0 Å². The number of Topliss-reactive ketones (excluding diaryl/α,β-unsaturated/α-hetero) is 1. The quantitative estimate of drug-likeness (QED) is 0.337. The highest BCUT2D eigenvalue weighted by Gasteiger charge is 2.42. The lowest BCUT2D eigenvalue weighted by Crippen LogP contribution is -2.55. The van der Waals surface area contributed by atoms with E-state index in [0.29, 0.717) is 32.3 Å². The number of ketones is 1. The van der Waals surface area contributed by atoms with Gasteiger partial charge in [-0.3, -0.25) is 9.59 Å². The molecule has 0 aromatic heterocycles. The van der Waals surface area contributed by atoms with Crippen molar-refractivity contribution in [2.45, 2.75) is 96.4 Å². The van der Waals surface area contributed by atoms with Crippen LogP contribution in [0.3, 0.4) is 0 Å². The highest BCUT2D eigenvalue weighted by molar-refractivity contribution is 5.87. The maximum Gasteiger partial charge on any atom is 0.220 e. The number of ether oxygens (including phenoxy) is 2. The summed E-state index contributed by atoms with van der Waals surface area (Å²) in [5, 5.41) is 31.8. The third kappa shape index (κ3) is 8.13. The summed E-state index contributed by atoms with van der Waals surface area (Å²) >= 11 is 0. The SMILES string of the molecule is CCCCC[C@@H](NC(=O)CCCCOC1OC(CO)C(O)C(O)C1C)C(C)=O. The smallest absolute Gasteiger partial charge is 0.220 e. The Hall–Kier alpha value is -1.06. The number of unbranched alkanes of at least 4 members (excludes halogenated alkanes) is 3. The number of carbonyl (C=O) groups excluding carboxylic acids is 2. The molecule has 5 unspecified atom stereocenters. The molecule has 0 bridgehead atoms. The molecule has 4 N–H and O–H groups in total. The Morgan fingerprint density at radius 3 is 2.46 bits per heavy atom. The molecule has 1 amide bonds. The highest BCUT2D eigenvalue weighted by atomic mass is 16.7. The van der Waals surface area contributed by atoms with Crippen LogP contribution in [-0.4, -0.2) is 70.9 Å². The fraction of sp³-hybridized carbons (Fsp3) is 0.900. The number of hydrogen-bond donors (Lipinski definition) is 4. The van der Waals surface area contributed by atoms with Crippen LogP contribution in [0.1, 0.15) is 65.7 Å². The Morgan fingerprint density at radius 1 is 1.14 bits per heavy atom. The Labute approximate surface area is 167 Å². The Bertz CT molecular complexity index is 471. The summed E-state index contributed by atoms with van der Waals surface area (Å²) < 4.78 is 11.1. The first-order chi connectivity index (χ1) is 13.3. The molecule has 1 rings (SSSR count). The van der Waals surface area contributed by atoms with Crippen molar-refractivity contribution < 1.29 is 34.4 Å². The molecule has 28 heavy (non-hydrogen) atoms. The zero-order chi connectivity index (χ0) is 21.1. The molecule has 1 aliphatic rings. The van der Waals surface area contributed by atoms with Gasteiger partial charge in [0.15, 0.2) is 12.1 Å². The summed E-state index contributed by atoms with van der Waals surface area (Å²) in [6.07, 6.45) is 1.46. The zero-order valence-corrected chi connectivity index (χ0v) is 17.3. The summed E-state index contributed by atoms with van der Waals surface area (Å²) in [6, 6.07) is -0.407. The predicted molar refractivity (Wildman–Crippen MR) is 103 cm³/mol. The van der Waals surface area contributed by atoms with Gasteiger partial charge in [0, 0.05) is 18.9 Å². The maximum atomic E-state index is 12.1. The van der Waals surface area contributed by atoms with Gasteiger partial charge in [0.25, 0.3) is 0 Å². The van der Waals surface area contributed by atoms with Crippen molar-refractivity contribution in [2.75, 3.05) is 13.2 Å². The molecule has 1 fully saturated rings. The Kier molecular flexibility index (Phi) is 11.8. The van der Waals surface area contributed by atoms with Gasteiger partial charge in [-0.15, -0.1) is 0 Å². The van der Waals surface area contributed by atoms with Crippen molar-refractivity contribution in [1.82, 2.24) is 5.32 Å². The molecule has 1 saturated heterocycles. The molecule has 0 spiro atoms. The number of nitrogens with one attached hydrogen (secondary N) is 1. The van der Waals surface area contributed by atoms with E-state index in [9.17, 15) is 24.9 Å². The minimum atomic E-state index is -1.14. The van der Waals surface area contributed by atoms with Gasteiger partial charge in [-0.2, -0.15) is 0 Å². The van der Waals surface area contributed by atoms with E-state index < -0.39 is 43.2 Å². The normalized spacial score (nSPS) is 28.7. The zero-order valence-electron chi connectivity index (χ0n) is 17.3. The maximum absolute atomic E-state index is 12.1. The summed E-state index contributed by atoms with van der Waals surface area (Å²) in [5.74, 6) is -0.589. The molecule has 0 aromatic rings. The van der Waals surface area contributed by atoms with Crippen LogP contribution in [0.2, 0.25) is 0 Å². The van der Waals surface area contributed by atoms with E-state index >= 15 is 0 Å². The van der Waals surface area contributed by atoms with Gasteiger partial charge in [0.1, 0.15) is 12.2 Å². The number of rotatable bonds is 13. The van der Waals surface area contributed by atoms with Gasteiger partial charge < -0.3 is 30.1 Å². The van der Waals surface area contributed by atoms with Crippen LogP contribution in [0.25, 0.3) is 0 Å². The van der Waals surface area contributed by atoms with E-state index in [1.54, 1.807) is 6.92 Å². The Morgan fingerprint density at radius 2 is 1.86 bits per heavy atom. The number of aliphatic hydroxyl groups is 3. The van der Waals surface area contributed by atoms with Crippen LogP contribution < -0.4 is 5.32 Å². The number of aliphatic hydroxyl groups excluding tert-OH is 3. The predicted octanol–water partition coefficient (Wildman–Crippen LogP) is 0.903. The minimum Gasteiger partial charge on any atom is -0.394 e. The van der Waals surface area contributed by atoms with Gasteiger partial charge >= 0.3 is 0 Å². The average molecular weight is 404 g/mol. The second-order valence-electron chi connectivity index (χ2n) is 7.62. The molecule has 6 atom stereocenters. The fourth-order valence-electron chi connectivity index (χ4n) is 3.24. The highest BCUT2D eigenvalue weighted by Crippen LogP contribution is 2.26.